The maximum Gasteiger partial charge on any atom is 0.231 e. The van der Waals surface area contributed by atoms with Gasteiger partial charge in [-0.25, -0.2) is 4.98 Å². The van der Waals surface area contributed by atoms with E-state index in [0.29, 0.717) is 28.7 Å². The minimum absolute atomic E-state index is 0.126. The van der Waals surface area contributed by atoms with E-state index in [0.717, 1.165) is 0 Å². The van der Waals surface area contributed by atoms with Crippen LogP contribution in [0, 0.1) is 0 Å². The number of aldehydes is 1. The minimum atomic E-state index is -0.174. The molecule has 0 unspecified atom stereocenters. The molecule has 0 aliphatic carbocycles. The van der Waals surface area contributed by atoms with Crippen molar-refractivity contribution in [3.63, 3.8) is 0 Å². The Morgan fingerprint density at radius 2 is 2.10 bits per heavy atom. The first-order chi connectivity index (χ1) is 9.72. The van der Waals surface area contributed by atoms with Crippen molar-refractivity contribution in [2.75, 3.05) is 7.11 Å². The molecule has 0 saturated carbocycles. The highest BCUT2D eigenvalue weighted by molar-refractivity contribution is 5.86. The molecule has 0 aliphatic heterocycles. The van der Waals surface area contributed by atoms with E-state index >= 15 is 0 Å². The highest BCUT2D eigenvalue weighted by Crippen LogP contribution is 2.36. The van der Waals surface area contributed by atoms with E-state index in [1.807, 2.05) is 12.1 Å². The van der Waals surface area contributed by atoms with Crippen molar-refractivity contribution >= 4 is 17.4 Å². The molecular formula is C15H11NO4. The summed E-state index contributed by atoms with van der Waals surface area (Å²) in [5, 5.41) is 10.1. The Morgan fingerprint density at radius 1 is 1.30 bits per heavy atom. The average Bonchev–Trinajstić information content (AvgIpc) is 2.91. The van der Waals surface area contributed by atoms with Gasteiger partial charge in [0.25, 0.3) is 0 Å². The second-order valence-corrected chi connectivity index (χ2v) is 4.22. The molecule has 0 aliphatic rings. The zero-order chi connectivity index (χ0) is 14.1. The molecule has 5 nitrogen and oxygen atoms in total. The average molecular weight is 269 g/mol. The van der Waals surface area contributed by atoms with Crippen LogP contribution in [0.2, 0.25) is 0 Å². The third-order valence-corrected chi connectivity index (χ3v) is 3.00. The Kier molecular flexibility index (Phi) is 2.87. The van der Waals surface area contributed by atoms with Gasteiger partial charge in [-0.05, 0) is 24.3 Å². The molecule has 100 valence electrons. The standard InChI is InChI=1S/C15H11NO4/c1-19-10-6-9(8-17)14(18)11(7-10)15-16-12-4-2-3-5-13(12)20-15/h2-8,18H,1H3. The second-order valence-electron chi connectivity index (χ2n) is 4.22. The highest BCUT2D eigenvalue weighted by Gasteiger charge is 2.16. The fraction of sp³-hybridized carbons (Fsp3) is 0.0667. The Bertz CT molecular complexity index is 759. The molecule has 0 atom stereocenters. The number of aromatic hydroxyl groups is 1. The number of hydrogen-bond acceptors (Lipinski definition) is 5. The first kappa shape index (κ1) is 12.2. The predicted octanol–water partition coefficient (Wildman–Crippen LogP) is 3.02. The van der Waals surface area contributed by atoms with Gasteiger partial charge < -0.3 is 14.3 Å². The number of hydrogen-bond donors (Lipinski definition) is 1. The summed E-state index contributed by atoms with van der Waals surface area (Å²) in [5.74, 6) is 0.514. The molecule has 0 saturated heterocycles. The molecule has 0 amide bonds. The van der Waals surface area contributed by atoms with Crippen LogP contribution in [0.15, 0.2) is 40.8 Å². The number of ether oxygens (including phenoxy) is 1. The maximum atomic E-state index is 11.0. The van der Waals surface area contributed by atoms with Gasteiger partial charge in [0.1, 0.15) is 17.0 Å². The van der Waals surface area contributed by atoms with Crippen LogP contribution < -0.4 is 4.74 Å². The number of oxazole rings is 1. The van der Waals surface area contributed by atoms with E-state index in [4.69, 9.17) is 9.15 Å². The molecule has 0 bridgehead atoms. The van der Waals surface area contributed by atoms with Gasteiger partial charge in [0.2, 0.25) is 5.89 Å². The molecule has 3 rings (SSSR count). The third kappa shape index (κ3) is 1.89. The lowest BCUT2D eigenvalue weighted by atomic mass is 10.1. The lowest BCUT2D eigenvalue weighted by molar-refractivity contribution is 0.112. The number of para-hydroxylation sites is 2. The first-order valence-corrected chi connectivity index (χ1v) is 5.95. The van der Waals surface area contributed by atoms with Crippen LogP contribution in [0.25, 0.3) is 22.6 Å². The first-order valence-electron chi connectivity index (χ1n) is 5.95. The number of carbonyl (C=O) groups excluding carboxylic acids is 1. The largest absolute Gasteiger partial charge is 0.506 e. The molecule has 0 spiro atoms. The fourth-order valence-electron chi connectivity index (χ4n) is 1.99. The van der Waals surface area contributed by atoms with Crippen molar-refractivity contribution in [3.05, 3.63) is 42.0 Å². The normalized spacial score (nSPS) is 10.7. The van der Waals surface area contributed by atoms with Gasteiger partial charge in [-0.2, -0.15) is 0 Å². The van der Waals surface area contributed by atoms with E-state index in [1.54, 1.807) is 18.2 Å². The van der Waals surface area contributed by atoms with Crippen LogP contribution in [0.1, 0.15) is 10.4 Å². The molecule has 3 aromatic rings. The third-order valence-electron chi connectivity index (χ3n) is 3.00. The molecule has 1 N–H and O–H groups in total. The van der Waals surface area contributed by atoms with Crippen LogP contribution >= 0.6 is 0 Å². The SMILES string of the molecule is COc1cc(C=O)c(O)c(-c2nc3ccccc3o2)c1. The van der Waals surface area contributed by atoms with E-state index in [2.05, 4.69) is 4.98 Å². The van der Waals surface area contributed by atoms with Crippen molar-refractivity contribution in [1.29, 1.82) is 0 Å². The number of aromatic nitrogens is 1. The number of nitrogens with zero attached hydrogens (tertiary/aromatic N) is 1. The molecule has 5 heteroatoms. The summed E-state index contributed by atoms with van der Waals surface area (Å²) in [6, 6.07) is 10.3. The molecule has 2 aromatic carbocycles. The van der Waals surface area contributed by atoms with Gasteiger partial charge in [-0.3, -0.25) is 4.79 Å². The van der Waals surface area contributed by atoms with Crippen LogP contribution in [0.3, 0.4) is 0 Å². The smallest absolute Gasteiger partial charge is 0.231 e. The summed E-state index contributed by atoms with van der Waals surface area (Å²) in [6.07, 6.45) is 0.560. The zero-order valence-corrected chi connectivity index (χ0v) is 10.7. The fourth-order valence-corrected chi connectivity index (χ4v) is 1.99. The molecule has 0 radical (unpaired) electrons. The van der Waals surface area contributed by atoms with E-state index in [9.17, 15) is 9.90 Å². The summed E-state index contributed by atoms with van der Waals surface area (Å²) >= 11 is 0. The summed E-state index contributed by atoms with van der Waals surface area (Å²) in [4.78, 5) is 15.3. The van der Waals surface area contributed by atoms with Crippen LogP contribution in [-0.2, 0) is 0 Å². The Balaban J connectivity index is 2.24. The van der Waals surface area contributed by atoms with Gasteiger partial charge in [-0.1, -0.05) is 12.1 Å². The second kappa shape index (κ2) is 4.70. The van der Waals surface area contributed by atoms with Gasteiger partial charge in [0, 0.05) is 0 Å². The van der Waals surface area contributed by atoms with Crippen molar-refractivity contribution in [2.24, 2.45) is 0 Å². The van der Waals surface area contributed by atoms with E-state index < -0.39 is 0 Å². The number of fused-ring (bicyclic) bond motifs is 1. The zero-order valence-electron chi connectivity index (χ0n) is 10.7. The summed E-state index contributed by atoms with van der Waals surface area (Å²) in [7, 11) is 1.48. The van der Waals surface area contributed by atoms with Gasteiger partial charge in [0.05, 0.1) is 18.2 Å². The number of carbonyl (C=O) groups is 1. The summed E-state index contributed by atoms with van der Waals surface area (Å²) in [6.45, 7) is 0. The highest BCUT2D eigenvalue weighted by atomic mass is 16.5. The Labute approximate surface area is 114 Å². The molecule has 20 heavy (non-hydrogen) atoms. The molecular weight excluding hydrogens is 258 g/mol. The molecule has 0 fully saturated rings. The van der Waals surface area contributed by atoms with Gasteiger partial charge in [0.15, 0.2) is 11.9 Å². The monoisotopic (exact) mass is 269 g/mol. The van der Waals surface area contributed by atoms with E-state index in [-0.39, 0.29) is 17.2 Å². The predicted molar refractivity (Wildman–Crippen MR) is 73.0 cm³/mol. The van der Waals surface area contributed by atoms with Crippen molar-refractivity contribution in [2.45, 2.75) is 0 Å². The number of phenolic OH excluding ortho intramolecular Hbond substituents is 1. The van der Waals surface area contributed by atoms with Gasteiger partial charge >= 0.3 is 0 Å². The van der Waals surface area contributed by atoms with Crippen LogP contribution in [-0.4, -0.2) is 23.5 Å². The van der Waals surface area contributed by atoms with Crippen LogP contribution in [0.5, 0.6) is 11.5 Å². The lowest BCUT2D eigenvalue weighted by Crippen LogP contribution is -1.90. The topological polar surface area (TPSA) is 72.6 Å². The number of methoxy groups -OCH3 is 1. The lowest BCUT2D eigenvalue weighted by Gasteiger charge is -2.06. The molecule has 1 heterocycles. The quantitative estimate of drug-likeness (QED) is 0.740. The molecule has 1 aromatic heterocycles. The van der Waals surface area contributed by atoms with Gasteiger partial charge in [-0.15, -0.1) is 0 Å². The number of phenols is 1. The van der Waals surface area contributed by atoms with Crippen molar-refractivity contribution in [1.82, 2.24) is 4.98 Å². The van der Waals surface area contributed by atoms with Crippen molar-refractivity contribution < 1.29 is 19.1 Å². The summed E-state index contributed by atoms with van der Waals surface area (Å²) < 4.78 is 10.7. The minimum Gasteiger partial charge on any atom is -0.506 e. The van der Waals surface area contributed by atoms with Crippen LogP contribution in [0.4, 0.5) is 0 Å². The number of benzene rings is 2. The van der Waals surface area contributed by atoms with E-state index in [1.165, 1.54) is 13.2 Å². The maximum absolute atomic E-state index is 11.0. The number of rotatable bonds is 3. The van der Waals surface area contributed by atoms with Crippen molar-refractivity contribution in [3.8, 4) is 23.0 Å². The Morgan fingerprint density at radius 3 is 2.80 bits per heavy atom. The Hall–Kier alpha value is -2.82. The summed E-state index contributed by atoms with van der Waals surface area (Å²) in [5.41, 5.74) is 1.74.